The van der Waals surface area contributed by atoms with Crippen LogP contribution >= 0.6 is 0 Å². The molecule has 0 bridgehead atoms. The predicted molar refractivity (Wildman–Crippen MR) is 112 cm³/mol. The Morgan fingerprint density at radius 3 is 2.28 bits per heavy atom. The van der Waals surface area contributed by atoms with Crippen LogP contribution in [0.15, 0.2) is 60.8 Å². The Labute approximate surface area is 169 Å². The number of hydrogen-bond donors (Lipinski definition) is 2. The molecular formula is C22H23N3O4. The summed E-state index contributed by atoms with van der Waals surface area (Å²) in [5.41, 5.74) is 2.41. The lowest BCUT2D eigenvalue weighted by Crippen LogP contribution is -2.12. The zero-order valence-electron chi connectivity index (χ0n) is 16.6. The van der Waals surface area contributed by atoms with Gasteiger partial charge in [-0.05, 0) is 54.1 Å². The Morgan fingerprint density at radius 1 is 0.897 bits per heavy atom. The third-order valence-electron chi connectivity index (χ3n) is 4.30. The molecule has 2 N–H and O–H groups in total. The van der Waals surface area contributed by atoms with E-state index in [0.29, 0.717) is 35.2 Å². The molecule has 0 unspecified atom stereocenters. The summed E-state index contributed by atoms with van der Waals surface area (Å²) < 4.78 is 15.7. The van der Waals surface area contributed by atoms with Gasteiger partial charge in [-0.3, -0.25) is 4.79 Å². The van der Waals surface area contributed by atoms with Gasteiger partial charge in [-0.2, -0.15) is 0 Å². The monoisotopic (exact) mass is 393 g/mol. The quantitative estimate of drug-likeness (QED) is 0.603. The summed E-state index contributed by atoms with van der Waals surface area (Å²) in [4.78, 5) is 16.6. The third kappa shape index (κ3) is 5.16. The minimum Gasteiger partial charge on any atom is -0.497 e. The average Bonchev–Trinajstić information content (AvgIpc) is 2.78. The molecule has 1 amide bonds. The highest BCUT2D eigenvalue weighted by molar-refractivity contribution is 6.03. The molecule has 0 aliphatic carbocycles. The van der Waals surface area contributed by atoms with Crippen LogP contribution in [0.2, 0.25) is 0 Å². The first-order chi connectivity index (χ1) is 14.1. The molecule has 3 aromatic rings. The Hall–Kier alpha value is -3.74. The molecule has 0 spiro atoms. The Balaban J connectivity index is 1.57. The normalized spacial score (nSPS) is 10.2. The Bertz CT molecular complexity index is 957. The summed E-state index contributed by atoms with van der Waals surface area (Å²) >= 11 is 0. The van der Waals surface area contributed by atoms with Crippen molar-refractivity contribution in [1.82, 2.24) is 4.98 Å². The van der Waals surface area contributed by atoms with Gasteiger partial charge in [-0.25, -0.2) is 4.98 Å². The standard InChI is InChI=1S/C22H23N3O4/c1-27-18-8-5-16(6-9-18)22(26)25-21-11-7-17(14-24-21)23-13-15-4-10-19(28-2)20(12-15)29-3/h4-12,14,23H,13H2,1-3H3,(H,24,25,26). The molecule has 7 heteroatoms. The van der Waals surface area contributed by atoms with Gasteiger partial charge in [0.1, 0.15) is 11.6 Å². The van der Waals surface area contributed by atoms with Gasteiger partial charge >= 0.3 is 0 Å². The predicted octanol–water partition coefficient (Wildman–Crippen LogP) is 3.97. The number of nitrogens with zero attached hydrogens (tertiary/aromatic N) is 1. The molecule has 0 aliphatic heterocycles. The Kier molecular flexibility index (Phi) is 6.52. The van der Waals surface area contributed by atoms with Gasteiger partial charge in [0, 0.05) is 12.1 Å². The molecule has 150 valence electrons. The van der Waals surface area contributed by atoms with Gasteiger partial charge < -0.3 is 24.8 Å². The lowest BCUT2D eigenvalue weighted by Gasteiger charge is -2.11. The molecule has 1 aromatic heterocycles. The van der Waals surface area contributed by atoms with Crippen LogP contribution in [0.3, 0.4) is 0 Å². The topological polar surface area (TPSA) is 81.7 Å². The molecule has 3 rings (SSSR count). The summed E-state index contributed by atoms with van der Waals surface area (Å²) in [6, 6.07) is 16.2. The van der Waals surface area contributed by atoms with Crippen LogP contribution in [0.4, 0.5) is 11.5 Å². The summed E-state index contributed by atoms with van der Waals surface area (Å²) in [6.07, 6.45) is 1.67. The number of amides is 1. The van der Waals surface area contributed by atoms with Crippen molar-refractivity contribution in [1.29, 1.82) is 0 Å². The molecule has 0 fully saturated rings. The number of anilines is 2. The van der Waals surface area contributed by atoms with E-state index in [0.717, 1.165) is 11.3 Å². The molecule has 0 saturated carbocycles. The summed E-state index contributed by atoms with van der Waals surface area (Å²) in [5, 5.41) is 6.06. The highest BCUT2D eigenvalue weighted by atomic mass is 16.5. The fraction of sp³-hybridized carbons (Fsp3) is 0.182. The first-order valence-electron chi connectivity index (χ1n) is 8.99. The maximum Gasteiger partial charge on any atom is 0.256 e. The second-order valence-corrected chi connectivity index (χ2v) is 6.16. The van der Waals surface area contributed by atoms with E-state index < -0.39 is 0 Å². The minimum absolute atomic E-state index is 0.230. The number of carbonyl (C=O) groups excluding carboxylic acids is 1. The number of ether oxygens (including phenoxy) is 3. The van der Waals surface area contributed by atoms with Crippen molar-refractivity contribution in [3.63, 3.8) is 0 Å². The number of rotatable bonds is 8. The largest absolute Gasteiger partial charge is 0.497 e. The van der Waals surface area contributed by atoms with Crippen molar-refractivity contribution in [3.8, 4) is 17.2 Å². The fourth-order valence-corrected chi connectivity index (χ4v) is 2.70. The van der Waals surface area contributed by atoms with Gasteiger partial charge in [-0.15, -0.1) is 0 Å². The molecule has 0 aliphatic rings. The van der Waals surface area contributed by atoms with Crippen LogP contribution in [0.25, 0.3) is 0 Å². The highest BCUT2D eigenvalue weighted by Crippen LogP contribution is 2.27. The maximum absolute atomic E-state index is 12.3. The van der Waals surface area contributed by atoms with Crippen molar-refractivity contribution in [3.05, 3.63) is 71.9 Å². The zero-order valence-corrected chi connectivity index (χ0v) is 16.6. The lowest BCUT2D eigenvalue weighted by molar-refractivity contribution is 0.102. The van der Waals surface area contributed by atoms with Crippen LogP contribution in [-0.2, 0) is 6.54 Å². The first-order valence-corrected chi connectivity index (χ1v) is 8.99. The van der Waals surface area contributed by atoms with E-state index >= 15 is 0 Å². The molecule has 0 atom stereocenters. The van der Waals surface area contributed by atoms with Crippen molar-refractivity contribution in [2.45, 2.75) is 6.54 Å². The van der Waals surface area contributed by atoms with Crippen LogP contribution in [0, 0.1) is 0 Å². The molecule has 2 aromatic carbocycles. The molecular weight excluding hydrogens is 370 g/mol. The number of hydrogen-bond acceptors (Lipinski definition) is 6. The van der Waals surface area contributed by atoms with Crippen molar-refractivity contribution in [2.24, 2.45) is 0 Å². The van der Waals surface area contributed by atoms with Crippen molar-refractivity contribution >= 4 is 17.4 Å². The highest BCUT2D eigenvalue weighted by Gasteiger charge is 2.08. The number of benzene rings is 2. The van der Waals surface area contributed by atoms with E-state index in [1.54, 1.807) is 57.9 Å². The number of aromatic nitrogens is 1. The van der Waals surface area contributed by atoms with Gasteiger partial charge in [0.2, 0.25) is 0 Å². The van der Waals surface area contributed by atoms with Crippen molar-refractivity contribution in [2.75, 3.05) is 32.0 Å². The summed E-state index contributed by atoms with van der Waals surface area (Å²) in [6.45, 7) is 0.597. The van der Waals surface area contributed by atoms with E-state index in [9.17, 15) is 4.79 Å². The van der Waals surface area contributed by atoms with Crippen LogP contribution < -0.4 is 24.8 Å². The van der Waals surface area contributed by atoms with Crippen molar-refractivity contribution < 1.29 is 19.0 Å². The van der Waals surface area contributed by atoms with Gasteiger partial charge in [-0.1, -0.05) is 6.07 Å². The van der Waals surface area contributed by atoms with Gasteiger partial charge in [0.05, 0.1) is 33.2 Å². The Morgan fingerprint density at radius 2 is 1.66 bits per heavy atom. The number of carbonyl (C=O) groups is 1. The van der Waals surface area contributed by atoms with Crippen LogP contribution in [0.5, 0.6) is 17.2 Å². The summed E-state index contributed by atoms with van der Waals surface area (Å²) in [5.74, 6) is 2.31. The average molecular weight is 393 g/mol. The van der Waals surface area contributed by atoms with E-state index in [2.05, 4.69) is 15.6 Å². The summed E-state index contributed by atoms with van der Waals surface area (Å²) in [7, 11) is 4.80. The fourth-order valence-electron chi connectivity index (χ4n) is 2.70. The van der Waals surface area contributed by atoms with E-state index in [1.807, 2.05) is 24.3 Å². The van der Waals surface area contributed by atoms with E-state index in [4.69, 9.17) is 14.2 Å². The maximum atomic E-state index is 12.3. The second-order valence-electron chi connectivity index (χ2n) is 6.16. The molecule has 7 nitrogen and oxygen atoms in total. The smallest absolute Gasteiger partial charge is 0.256 e. The molecule has 1 heterocycles. The zero-order chi connectivity index (χ0) is 20.6. The van der Waals surface area contributed by atoms with Gasteiger partial charge in [0.15, 0.2) is 11.5 Å². The third-order valence-corrected chi connectivity index (χ3v) is 4.30. The van der Waals surface area contributed by atoms with Crippen LogP contribution in [0.1, 0.15) is 15.9 Å². The second kappa shape index (κ2) is 9.45. The molecule has 29 heavy (non-hydrogen) atoms. The molecule has 0 saturated heterocycles. The number of pyridine rings is 1. The lowest BCUT2D eigenvalue weighted by atomic mass is 10.2. The van der Waals surface area contributed by atoms with Crippen LogP contribution in [-0.4, -0.2) is 32.2 Å². The van der Waals surface area contributed by atoms with E-state index in [1.165, 1.54) is 0 Å². The first kappa shape index (κ1) is 20.0. The number of methoxy groups -OCH3 is 3. The van der Waals surface area contributed by atoms with E-state index in [-0.39, 0.29) is 5.91 Å². The molecule has 0 radical (unpaired) electrons. The SMILES string of the molecule is COc1ccc(C(=O)Nc2ccc(NCc3ccc(OC)c(OC)c3)cn2)cc1. The van der Waals surface area contributed by atoms with Gasteiger partial charge in [0.25, 0.3) is 5.91 Å². The minimum atomic E-state index is -0.230. The number of nitrogens with one attached hydrogen (secondary N) is 2.